The van der Waals surface area contributed by atoms with Crippen molar-refractivity contribution in [3.8, 4) is 5.75 Å². The molecule has 0 saturated carbocycles. The van der Waals surface area contributed by atoms with Crippen LogP contribution in [-0.2, 0) is 12.7 Å². The van der Waals surface area contributed by atoms with E-state index in [1.165, 1.54) is 12.1 Å². The third-order valence-corrected chi connectivity index (χ3v) is 4.33. The Morgan fingerprint density at radius 3 is 2.56 bits per heavy atom. The second-order valence-electron chi connectivity index (χ2n) is 6.16. The van der Waals surface area contributed by atoms with E-state index in [9.17, 15) is 18.0 Å². The molecule has 8 heteroatoms. The number of hydrogen-bond donors (Lipinski definition) is 2. The predicted octanol–water partition coefficient (Wildman–Crippen LogP) is 3.85. The van der Waals surface area contributed by atoms with Crippen LogP contribution in [0, 0.1) is 0 Å². The van der Waals surface area contributed by atoms with Gasteiger partial charge < -0.3 is 20.3 Å². The number of carbonyl (C=O) groups excluding carboxylic acids is 1. The molecule has 0 fully saturated rings. The lowest BCUT2D eigenvalue weighted by Crippen LogP contribution is -2.25. The molecule has 27 heavy (non-hydrogen) atoms. The number of benzene rings is 2. The summed E-state index contributed by atoms with van der Waals surface area (Å²) in [6, 6.07) is 7.91. The Hall–Kier alpha value is -2.90. The maximum absolute atomic E-state index is 12.6. The average Bonchev–Trinajstić information content (AvgIpc) is 3.01. The molecule has 0 atom stereocenters. The van der Waals surface area contributed by atoms with Crippen LogP contribution in [0.5, 0.6) is 5.75 Å². The highest BCUT2D eigenvalue weighted by molar-refractivity contribution is 5.94. The van der Waals surface area contributed by atoms with Crippen LogP contribution in [0.3, 0.4) is 0 Å². The summed E-state index contributed by atoms with van der Waals surface area (Å²) in [5.74, 6) is 0.219. The lowest BCUT2D eigenvalue weighted by atomic mass is 10.1. The number of rotatable bonds is 5. The highest BCUT2D eigenvalue weighted by Gasteiger charge is 2.30. The van der Waals surface area contributed by atoms with Gasteiger partial charge in [0, 0.05) is 24.7 Å². The van der Waals surface area contributed by atoms with Crippen molar-refractivity contribution in [2.45, 2.75) is 19.6 Å². The third-order valence-electron chi connectivity index (χ3n) is 4.33. The van der Waals surface area contributed by atoms with E-state index in [4.69, 9.17) is 4.74 Å². The van der Waals surface area contributed by atoms with Crippen molar-refractivity contribution in [3.63, 3.8) is 0 Å². The maximum Gasteiger partial charge on any atom is 0.416 e. The first kappa shape index (κ1) is 18.9. The molecule has 5 nitrogen and oxygen atoms in total. The summed E-state index contributed by atoms with van der Waals surface area (Å²) in [5.41, 5.74) is 2.08. The Morgan fingerprint density at radius 2 is 1.93 bits per heavy atom. The van der Waals surface area contributed by atoms with Crippen LogP contribution in [0.25, 0.3) is 0 Å². The lowest BCUT2D eigenvalue weighted by molar-refractivity contribution is -0.137. The molecule has 2 aromatic carbocycles. The van der Waals surface area contributed by atoms with Crippen LogP contribution >= 0.6 is 0 Å². The summed E-state index contributed by atoms with van der Waals surface area (Å²) in [4.78, 5) is 14.4. The highest BCUT2D eigenvalue weighted by atomic mass is 19.4. The molecule has 0 aromatic heterocycles. The number of nitrogens with one attached hydrogen (secondary N) is 2. The van der Waals surface area contributed by atoms with Crippen molar-refractivity contribution < 1.29 is 22.7 Å². The van der Waals surface area contributed by atoms with Gasteiger partial charge in [0.2, 0.25) is 0 Å². The zero-order valence-corrected chi connectivity index (χ0v) is 15.0. The second kappa shape index (κ2) is 7.38. The molecule has 3 rings (SSSR count). The van der Waals surface area contributed by atoms with Crippen molar-refractivity contribution in [3.05, 3.63) is 53.1 Å². The van der Waals surface area contributed by atoms with Crippen molar-refractivity contribution >= 4 is 17.3 Å². The first-order chi connectivity index (χ1) is 12.8. The Morgan fingerprint density at radius 1 is 1.22 bits per heavy atom. The minimum Gasteiger partial charge on any atom is -0.493 e. The van der Waals surface area contributed by atoms with E-state index in [1.807, 2.05) is 31.0 Å². The van der Waals surface area contributed by atoms with Gasteiger partial charge in [0.1, 0.15) is 5.75 Å². The van der Waals surface area contributed by atoms with Crippen LogP contribution in [0.1, 0.15) is 28.4 Å². The summed E-state index contributed by atoms with van der Waals surface area (Å²) < 4.78 is 43.6. The fraction of sp³-hybridized carbons (Fsp3) is 0.316. The van der Waals surface area contributed by atoms with Gasteiger partial charge in [-0.2, -0.15) is 13.2 Å². The summed E-state index contributed by atoms with van der Waals surface area (Å²) in [5, 5.41) is 6.02. The number of fused-ring (bicyclic) bond motifs is 1. The molecule has 0 unspecified atom stereocenters. The lowest BCUT2D eigenvalue weighted by Gasteiger charge is -2.19. The van der Waals surface area contributed by atoms with Crippen molar-refractivity contribution in [1.29, 1.82) is 0 Å². The summed E-state index contributed by atoms with van der Waals surface area (Å²) in [6.07, 6.45) is -4.43. The van der Waals surface area contributed by atoms with Gasteiger partial charge in [0.25, 0.3) is 5.91 Å². The quantitative estimate of drug-likeness (QED) is 0.829. The number of halogens is 3. The van der Waals surface area contributed by atoms with E-state index in [2.05, 4.69) is 10.6 Å². The molecule has 2 N–H and O–H groups in total. The van der Waals surface area contributed by atoms with Gasteiger partial charge in [0.15, 0.2) is 0 Å². The van der Waals surface area contributed by atoms with Crippen molar-refractivity contribution in [2.75, 3.05) is 30.5 Å². The minimum absolute atomic E-state index is 0.167. The molecule has 1 aliphatic heterocycles. The molecule has 0 radical (unpaired) electrons. The fourth-order valence-corrected chi connectivity index (χ4v) is 3.02. The summed E-state index contributed by atoms with van der Waals surface area (Å²) in [7, 11) is 1.93. The van der Waals surface area contributed by atoms with E-state index < -0.39 is 17.6 Å². The van der Waals surface area contributed by atoms with Gasteiger partial charge in [-0.05, 0) is 43.3 Å². The molecule has 0 aliphatic carbocycles. The summed E-state index contributed by atoms with van der Waals surface area (Å²) >= 11 is 0. The van der Waals surface area contributed by atoms with Crippen LogP contribution in [0.4, 0.5) is 24.5 Å². The Balaban J connectivity index is 1.78. The molecule has 1 heterocycles. The Bertz CT molecular complexity index is 835. The van der Waals surface area contributed by atoms with Gasteiger partial charge in [-0.1, -0.05) is 0 Å². The van der Waals surface area contributed by atoms with Crippen LogP contribution in [0.15, 0.2) is 36.4 Å². The van der Waals surface area contributed by atoms with E-state index in [0.29, 0.717) is 19.0 Å². The van der Waals surface area contributed by atoms with Gasteiger partial charge in [-0.3, -0.25) is 4.79 Å². The number of nitrogens with zero attached hydrogens (tertiary/aromatic N) is 1. The largest absolute Gasteiger partial charge is 0.493 e. The first-order valence-electron chi connectivity index (χ1n) is 8.50. The van der Waals surface area contributed by atoms with E-state index in [1.54, 1.807) is 0 Å². The normalized spacial score (nSPS) is 13.1. The van der Waals surface area contributed by atoms with Gasteiger partial charge >= 0.3 is 6.18 Å². The molecule has 1 amide bonds. The third kappa shape index (κ3) is 3.94. The number of anilines is 2. The van der Waals surface area contributed by atoms with Crippen LogP contribution < -0.4 is 20.3 Å². The van der Waals surface area contributed by atoms with E-state index in [-0.39, 0.29) is 12.1 Å². The van der Waals surface area contributed by atoms with Crippen LogP contribution in [-0.4, -0.2) is 26.2 Å². The average molecular weight is 379 g/mol. The second-order valence-corrected chi connectivity index (χ2v) is 6.16. The molecular formula is C19H20F3N3O2. The fourth-order valence-electron chi connectivity index (χ4n) is 3.02. The topological polar surface area (TPSA) is 53.6 Å². The minimum atomic E-state index is -4.43. The number of carbonyl (C=O) groups is 1. The maximum atomic E-state index is 12.6. The van der Waals surface area contributed by atoms with E-state index in [0.717, 1.165) is 29.1 Å². The Labute approximate surface area is 155 Å². The summed E-state index contributed by atoms with van der Waals surface area (Å²) in [6.45, 7) is 3.20. The molecule has 0 spiro atoms. The number of amides is 1. The molecular weight excluding hydrogens is 359 g/mol. The molecule has 144 valence electrons. The predicted molar refractivity (Wildman–Crippen MR) is 97.1 cm³/mol. The smallest absolute Gasteiger partial charge is 0.416 e. The molecule has 0 saturated heterocycles. The van der Waals surface area contributed by atoms with Gasteiger partial charge in [-0.25, -0.2) is 0 Å². The highest BCUT2D eigenvalue weighted by Crippen LogP contribution is 2.39. The van der Waals surface area contributed by atoms with Gasteiger partial charge in [-0.15, -0.1) is 0 Å². The Kier molecular flexibility index (Phi) is 5.16. The number of alkyl halides is 3. The SMILES string of the molecule is CCOc1ccc2c(c1CNC(=O)c1ccc(C(F)(F)F)cc1)N(C)CN2. The van der Waals surface area contributed by atoms with Crippen molar-refractivity contribution in [2.24, 2.45) is 0 Å². The zero-order valence-electron chi connectivity index (χ0n) is 15.0. The molecule has 0 bridgehead atoms. The molecule has 1 aliphatic rings. The van der Waals surface area contributed by atoms with Crippen molar-refractivity contribution in [1.82, 2.24) is 5.32 Å². The van der Waals surface area contributed by atoms with Crippen LogP contribution in [0.2, 0.25) is 0 Å². The zero-order chi connectivity index (χ0) is 19.6. The van der Waals surface area contributed by atoms with E-state index >= 15 is 0 Å². The number of ether oxygens (including phenoxy) is 1. The van der Waals surface area contributed by atoms with Gasteiger partial charge in [0.05, 0.1) is 30.2 Å². The monoisotopic (exact) mass is 379 g/mol. The first-order valence-corrected chi connectivity index (χ1v) is 8.50. The molecule has 2 aromatic rings. The standard InChI is InChI=1S/C19H20F3N3O2/c1-3-27-16-9-8-15-17(25(2)11-24-15)14(16)10-23-18(26)12-4-6-13(7-5-12)19(20,21)22/h4-9,24H,3,10-11H2,1-2H3,(H,23,26). The number of hydrogen-bond acceptors (Lipinski definition) is 4.